The summed E-state index contributed by atoms with van der Waals surface area (Å²) in [6.45, 7) is 5.19. The largest absolute Gasteiger partial charge is 0.457 e. The summed E-state index contributed by atoms with van der Waals surface area (Å²) in [5.41, 5.74) is 0. The first-order valence-electron chi connectivity index (χ1n) is 16.7. The first kappa shape index (κ1) is 38.4. The molecule has 0 aliphatic heterocycles. The third-order valence-electron chi connectivity index (χ3n) is 6.92. The molecule has 0 aliphatic carbocycles. The van der Waals surface area contributed by atoms with Crippen LogP contribution in [0.3, 0.4) is 0 Å². The molecule has 0 saturated carbocycles. The molecule has 0 bridgehead atoms. The molecule has 0 amide bonds. The zero-order valence-electron chi connectivity index (χ0n) is 26.3. The lowest BCUT2D eigenvalue weighted by molar-refractivity contribution is -0.154. The van der Waals surface area contributed by atoms with Gasteiger partial charge < -0.3 is 14.6 Å². The van der Waals surface area contributed by atoms with Crippen molar-refractivity contribution in [1.82, 2.24) is 0 Å². The summed E-state index contributed by atoms with van der Waals surface area (Å²) in [6, 6.07) is 0. The summed E-state index contributed by atoms with van der Waals surface area (Å²) in [6.07, 6.45) is 41.4. The fourth-order valence-electron chi connectivity index (χ4n) is 4.43. The van der Waals surface area contributed by atoms with E-state index in [4.69, 9.17) is 9.47 Å². The van der Waals surface area contributed by atoms with Crippen LogP contribution < -0.4 is 0 Å². The highest BCUT2D eigenvalue weighted by Crippen LogP contribution is 2.12. The number of esters is 1. The summed E-state index contributed by atoms with van der Waals surface area (Å²) >= 11 is 0. The van der Waals surface area contributed by atoms with E-state index < -0.39 is 6.10 Å². The zero-order chi connectivity index (χ0) is 29.2. The van der Waals surface area contributed by atoms with Crippen molar-refractivity contribution in [3.8, 4) is 0 Å². The molecule has 1 unspecified atom stereocenters. The minimum Gasteiger partial charge on any atom is -0.457 e. The minimum absolute atomic E-state index is 0.182. The fourth-order valence-corrected chi connectivity index (χ4v) is 4.43. The highest BCUT2D eigenvalue weighted by Gasteiger charge is 2.13. The summed E-state index contributed by atoms with van der Waals surface area (Å²) in [7, 11) is 0. The Balaban J connectivity index is 3.54. The van der Waals surface area contributed by atoms with Gasteiger partial charge in [-0.1, -0.05) is 140 Å². The molecular weight excluding hydrogens is 496 g/mol. The van der Waals surface area contributed by atoms with Crippen molar-refractivity contribution in [3.63, 3.8) is 0 Å². The number of unbranched alkanes of at least 4 members (excludes halogenated alkanes) is 14. The van der Waals surface area contributed by atoms with Crippen LogP contribution in [-0.2, 0) is 14.3 Å². The van der Waals surface area contributed by atoms with Gasteiger partial charge in [-0.15, -0.1) is 0 Å². The number of carbonyl (C=O) groups is 1. The van der Waals surface area contributed by atoms with Crippen molar-refractivity contribution in [3.05, 3.63) is 48.6 Å². The van der Waals surface area contributed by atoms with Gasteiger partial charge >= 0.3 is 5.97 Å². The number of rotatable bonds is 30. The number of carbonyl (C=O) groups excluding carboxylic acids is 1. The number of aliphatic hydroxyl groups excluding tert-OH is 1. The monoisotopic (exact) mass is 560 g/mol. The van der Waals surface area contributed by atoms with Crippen molar-refractivity contribution in [1.29, 1.82) is 0 Å². The molecule has 0 rings (SSSR count). The van der Waals surface area contributed by atoms with Crippen molar-refractivity contribution in [2.75, 3.05) is 19.8 Å². The second-order valence-corrected chi connectivity index (χ2v) is 10.9. The Kier molecular flexibility index (Phi) is 32.2. The standard InChI is InChI=1S/C36H64O4/c1-3-5-7-9-11-13-15-16-17-18-19-20-21-23-25-27-29-31-36(38)40-35(33-37)34-39-32-30-28-26-24-22-14-12-10-8-6-4-2/h5,7,11,13,16-17,19-20,35,37H,3-4,6,8-10,12,14-15,18,21-34H2,1-2H3/b7-5-,13-11-,17-16-,20-19-. The van der Waals surface area contributed by atoms with Gasteiger partial charge in [-0.25, -0.2) is 0 Å². The minimum atomic E-state index is -0.543. The lowest BCUT2D eigenvalue weighted by Gasteiger charge is -2.15. The van der Waals surface area contributed by atoms with Crippen LogP contribution in [-0.4, -0.2) is 37.0 Å². The van der Waals surface area contributed by atoms with Crippen LogP contribution in [0.2, 0.25) is 0 Å². The normalized spacial score (nSPS) is 13.0. The molecule has 0 aromatic heterocycles. The molecule has 1 atom stereocenters. The Morgan fingerprint density at radius 1 is 0.625 bits per heavy atom. The van der Waals surface area contributed by atoms with Crippen LogP contribution in [0.15, 0.2) is 48.6 Å². The molecule has 232 valence electrons. The van der Waals surface area contributed by atoms with Crippen LogP contribution in [0.4, 0.5) is 0 Å². The topological polar surface area (TPSA) is 55.8 Å². The molecule has 40 heavy (non-hydrogen) atoms. The van der Waals surface area contributed by atoms with Gasteiger partial charge in [0.05, 0.1) is 13.2 Å². The van der Waals surface area contributed by atoms with Crippen molar-refractivity contribution < 1.29 is 19.4 Å². The highest BCUT2D eigenvalue weighted by molar-refractivity contribution is 5.69. The molecular formula is C36H64O4. The van der Waals surface area contributed by atoms with Gasteiger partial charge in [-0.05, 0) is 51.4 Å². The summed E-state index contributed by atoms with van der Waals surface area (Å²) in [5, 5.41) is 9.51. The molecule has 0 spiro atoms. The van der Waals surface area contributed by atoms with Crippen molar-refractivity contribution >= 4 is 5.97 Å². The maximum absolute atomic E-state index is 12.1. The van der Waals surface area contributed by atoms with Crippen LogP contribution >= 0.6 is 0 Å². The maximum atomic E-state index is 12.1. The lowest BCUT2D eigenvalue weighted by Crippen LogP contribution is -2.27. The average Bonchev–Trinajstić information content (AvgIpc) is 2.96. The molecule has 0 fully saturated rings. The van der Waals surface area contributed by atoms with Crippen molar-refractivity contribution in [2.45, 2.75) is 155 Å². The predicted octanol–water partition coefficient (Wildman–Crippen LogP) is 10.4. The molecule has 0 radical (unpaired) electrons. The van der Waals surface area contributed by atoms with Gasteiger partial charge in [0, 0.05) is 13.0 Å². The summed E-state index contributed by atoms with van der Waals surface area (Å²) in [4.78, 5) is 12.1. The molecule has 0 aromatic rings. The van der Waals surface area contributed by atoms with Gasteiger partial charge in [-0.3, -0.25) is 4.79 Å². The fraction of sp³-hybridized carbons (Fsp3) is 0.750. The molecule has 0 saturated heterocycles. The number of ether oxygens (including phenoxy) is 2. The van der Waals surface area contributed by atoms with E-state index in [-0.39, 0.29) is 19.2 Å². The van der Waals surface area contributed by atoms with Gasteiger partial charge in [0.15, 0.2) is 0 Å². The molecule has 0 aromatic carbocycles. The van der Waals surface area contributed by atoms with E-state index >= 15 is 0 Å². The van der Waals surface area contributed by atoms with Crippen molar-refractivity contribution in [2.24, 2.45) is 0 Å². The Labute approximate surface area is 248 Å². The van der Waals surface area contributed by atoms with Crippen LogP contribution in [0, 0.1) is 0 Å². The Bertz CT molecular complexity index is 635. The van der Waals surface area contributed by atoms with Crippen LogP contribution in [0.1, 0.15) is 149 Å². The van der Waals surface area contributed by atoms with Gasteiger partial charge in [0.1, 0.15) is 6.10 Å². The molecule has 0 aliphatic rings. The Morgan fingerprint density at radius 2 is 1.12 bits per heavy atom. The van der Waals surface area contributed by atoms with Crippen LogP contribution in [0.5, 0.6) is 0 Å². The first-order valence-corrected chi connectivity index (χ1v) is 16.7. The second kappa shape index (κ2) is 33.6. The number of aliphatic hydroxyl groups is 1. The van der Waals surface area contributed by atoms with E-state index in [9.17, 15) is 9.90 Å². The maximum Gasteiger partial charge on any atom is 0.306 e. The van der Waals surface area contributed by atoms with Gasteiger partial charge in [-0.2, -0.15) is 0 Å². The molecule has 1 N–H and O–H groups in total. The number of allylic oxidation sites excluding steroid dienone is 8. The first-order chi connectivity index (χ1) is 19.7. The average molecular weight is 561 g/mol. The molecule has 4 nitrogen and oxygen atoms in total. The number of hydrogen-bond acceptors (Lipinski definition) is 4. The highest BCUT2D eigenvalue weighted by atomic mass is 16.6. The zero-order valence-corrected chi connectivity index (χ0v) is 26.3. The second-order valence-electron chi connectivity index (χ2n) is 10.9. The predicted molar refractivity (Wildman–Crippen MR) is 173 cm³/mol. The third kappa shape index (κ3) is 30.9. The smallest absolute Gasteiger partial charge is 0.306 e. The summed E-state index contributed by atoms with van der Waals surface area (Å²) < 4.78 is 11.1. The SMILES string of the molecule is CC/C=C\C/C=C\C/C=C\C/C=C\CCCCCCC(=O)OC(CO)COCCCCCCCCCCCCC. The Hall–Kier alpha value is -1.65. The van der Waals surface area contributed by atoms with Gasteiger partial charge in [0.2, 0.25) is 0 Å². The Morgan fingerprint density at radius 3 is 1.70 bits per heavy atom. The lowest BCUT2D eigenvalue weighted by atomic mass is 10.1. The third-order valence-corrected chi connectivity index (χ3v) is 6.92. The van der Waals surface area contributed by atoms with E-state index in [0.717, 1.165) is 64.2 Å². The van der Waals surface area contributed by atoms with E-state index in [1.54, 1.807) is 0 Å². The van der Waals surface area contributed by atoms with E-state index in [0.29, 0.717) is 13.0 Å². The molecule has 0 heterocycles. The summed E-state index contributed by atoms with van der Waals surface area (Å²) in [5.74, 6) is -0.226. The van der Waals surface area contributed by atoms with Gasteiger partial charge in [0.25, 0.3) is 0 Å². The van der Waals surface area contributed by atoms with E-state index in [1.807, 2.05) is 0 Å². The van der Waals surface area contributed by atoms with E-state index in [1.165, 1.54) is 64.2 Å². The number of hydrogen-bond donors (Lipinski definition) is 1. The van der Waals surface area contributed by atoms with Crippen LogP contribution in [0.25, 0.3) is 0 Å². The van der Waals surface area contributed by atoms with E-state index in [2.05, 4.69) is 62.5 Å². The quantitative estimate of drug-likeness (QED) is 0.0539. The molecule has 4 heteroatoms.